The third kappa shape index (κ3) is 18.2. The summed E-state index contributed by atoms with van der Waals surface area (Å²) in [7, 11) is -4.27. The molecule has 23 heavy (non-hydrogen) atoms. The summed E-state index contributed by atoms with van der Waals surface area (Å²) in [5.41, 5.74) is 0. The molecule has 0 amide bonds. The van der Waals surface area contributed by atoms with Gasteiger partial charge < -0.3 is 0 Å². The molecule has 0 heterocycles. The number of hydrogen-bond acceptors (Lipinski definition) is 5. The third-order valence-corrected chi connectivity index (χ3v) is 3.86. The first-order valence-corrected chi connectivity index (χ1v) is 10.4. The molecule has 0 aliphatic rings. The Balaban J connectivity index is 3.30. The lowest BCUT2D eigenvalue weighted by atomic mass is 10.1. The fourth-order valence-corrected chi connectivity index (χ4v) is 2.42. The standard InChI is InChI=1S/C16H35O6P/c1-4-5-6-7-8-9-10-11-12-13-14-19-21-23(17,18)22-20-15-16(2)3/h16H,4-15H2,1-3H3,(H,17,18). The van der Waals surface area contributed by atoms with Gasteiger partial charge in [0.1, 0.15) is 0 Å². The molecule has 0 aliphatic carbocycles. The number of phosphoric acid groups is 1. The van der Waals surface area contributed by atoms with E-state index < -0.39 is 7.82 Å². The van der Waals surface area contributed by atoms with E-state index in [2.05, 4.69) is 21.2 Å². The summed E-state index contributed by atoms with van der Waals surface area (Å²) in [6.45, 7) is 6.51. The third-order valence-electron chi connectivity index (χ3n) is 3.28. The van der Waals surface area contributed by atoms with Crippen LogP contribution < -0.4 is 0 Å². The van der Waals surface area contributed by atoms with Crippen molar-refractivity contribution in [2.24, 2.45) is 5.92 Å². The van der Waals surface area contributed by atoms with E-state index in [1.807, 2.05) is 13.8 Å². The fourth-order valence-electron chi connectivity index (χ4n) is 2.00. The Hall–Kier alpha value is 0.0300. The molecule has 0 spiro atoms. The molecule has 7 heteroatoms. The van der Waals surface area contributed by atoms with E-state index in [4.69, 9.17) is 4.89 Å². The summed E-state index contributed by atoms with van der Waals surface area (Å²) >= 11 is 0. The van der Waals surface area contributed by atoms with Gasteiger partial charge in [0.25, 0.3) is 0 Å². The summed E-state index contributed by atoms with van der Waals surface area (Å²) in [4.78, 5) is 18.6. The Kier molecular flexibility index (Phi) is 15.6. The van der Waals surface area contributed by atoms with Gasteiger partial charge in [-0.15, -0.1) is 9.35 Å². The van der Waals surface area contributed by atoms with Crippen LogP contribution >= 0.6 is 7.82 Å². The highest BCUT2D eigenvalue weighted by atomic mass is 31.2. The molecular formula is C16H35O6P. The molecular weight excluding hydrogens is 319 g/mol. The van der Waals surface area contributed by atoms with Gasteiger partial charge in [0.05, 0.1) is 13.2 Å². The zero-order valence-electron chi connectivity index (χ0n) is 15.0. The van der Waals surface area contributed by atoms with Gasteiger partial charge in [-0.05, 0) is 12.3 Å². The highest BCUT2D eigenvalue weighted by Crippen LogP contribution is 2.43. The van der Waals surface area contributed by atoms with E-state index in [1.54, 1.807) is 0 Å². The lowest BCUT2D eigenvalue weighted by Crippen LogP contribution is -2.04. The summed E-state index contributed by atoms with van der Waals surface area (Å²) < 4.78 is 20.0. The van der Waals surface area contributed by atoms with Gasteiger partial charge in [0.15, 0.2) is 0 Å². The average molecular weight is 354 g/mol. The Morgan fingerprint density at radius 3 is 1.83 bits per heavy atom. The lowest BCUT2D eigenvalue weighted by Gasteiger charge is -2.11. The van der Waals surface area contributed by atoms with Crippen LogP contribution in [0.1, 0.15) is 85.0 Å². The van der Waals surface area contributed by atoms with E-state index in [1.165, 1.54) is 44.9 Å². The molecule has 0 rings (SSSR count). The molecule has 0 radical (unpaired) electrons. The molecule has 0 fully saturated rings. The Bertz CT molecular complexity index is 298. The molecule has 140 valence electrons. The van der Waals surface area contributed by atoms with Gasteiger partial charge in [0, 0.05) is 0 Å². The maximum atomic E-state index is 11.3. The Morgan fingerprint density at radius 2 is 1.30 bits per heavy atom. The van der Waals surface area contributed by atoms with Gasteiger partial charge in [-0.1, -0.05) is 78.6 Å². The van der Waals surface area contributed by atoms with E-state index in [0.29, 0.717) is 0 Å². The Morgan fingerprint density at radius 1 is 0.826 bits per heavy atom. The first-order chi connectivity index (χ1) is 11.0. The number of hydrogen-bond donors (Lipinski definition) is 1. The van der Waals surface area contributed by atoms with Crippen LogP contribution in [0.15, 0.2) is 0 Å². The van der Waals surface area contributed by atoms with Crippen molar-refractivity contribution in [1.82, 2.24) is 0 Å². The van der Waals surface area contributed by atoms with Gasteiger partial charge >= 0.3 is 7.82 Å². The molecule has 1 unspecified atom stereocenters. The second-order valence-electron chi connectivity index (χ2n) is 6.30. The summed E-state index contributed by atoms with van der Waals surface area (Å²) in [5.74, 6) is 0.197. The fraction of sp³-hybridized carbons (Fsp3) is 1.00. The van der Waals surface area contributed by atoms with Crippen molar-refractivity contribution in [3.8, 4) is 0 Å². The van der Waals surface area contributed by atoms with Crippen molar-refractivity contribution < 1.29 is 28.6 Å². The summed E-state index contributed by atoms with van der Waals surface area (Å²) in [5, 5.41) is 0. The quantitative estimate of drug-likeness (QED) is 0.159. The number of rotatable bonds is 17. The molecule has 0 saturated heterocycles. The minimum atomic E-state index is -4.27. The van der Waals surface area contributed by atoms with Gasteiger partial charge in [-0.25, -0.2) is 14.3 Å². The first-order valence-electron chi connectivity index (χ1n) is 8.93. The van der Waals surface area contributed by atoms with Gasteiger partial charge in [-0.2, -0.15) is 0 Å². The molecule has 0 aliphatic heterocycles. The second kappa shape index (κ2) is 15.6. The molecule has 0 aromatic carbocycles. The van der Waals surface area contributed by atoms with Crippen LogP contribution in [-0.4, -0.2) is 18.1 Å². The minimum absolute atomic E-state index is 0.197. The van der Waals surface area contributed by atoms with Crippen molar-refractivity contribution in [1.29, 1.82) is 0 Å². The molecule has 0 aromatic heterocycles. The molecule has 0 saturated carbocycles. The van der Waals surface area contributed by atoms with E-state index in [9.17, 15) is 9.46 Å². The normalized spacial score (nSPS) is 14.3. The maximum Gasteiger partial charge on any atom is 0.526 e. The number of unbranched alkanes of at least 4 members (excludes halogenated alkanes) is 9. The topological polar surface area (TPSA) is 74.2 Å². The van der Waals surface area contributed by atoms with Crippen LogP contribution in [0.2, 0.25) is 0 Å². The second-order valence-corrected chi connectivity index (χ2v) is 7.54. The van der Waals surface area contributed by atoms with Crippen LogP contribution in [0.25, 0.3) is 0 Å². The molecule has 0 bridgehead atoms. The van der Waals surface area contributed by atoms with Crippen LogP contribution in [0.5, 0.6) is 0 Å². The monoisotopic (exact) mass is 354 g/mol. The highest BCUT2D eigenvalue weighted by Gasteiger charge is 2.24. The largest absolute Gasteiger partial charge is 0.526 e. The molecule has 0 aromatic rings. The zero-order chi connectivity index (χ0) is 17.4. The van der Waals surface area contributed by atoms with Crippen LogP contribution in [0.3, 0.4) is 0 Å². The van der Waals surface area contributed by atoms with Crippen molar-refractivity contribution >= 4 is 7.82 Å². The van der Waals surface area contributed by atoms with Crippen molar-refractivity contribution in [2.75, 3.05) is 13.2 Å². The van der Waals surface area contributed by atoms with E-state index in [-0.39, 0.29) is 19.1 Å². The van der Waals surface area contributed by atoms with Gasteiger partial charge in [-0.3, -0.25) is 4.89 Å². The molecule has 6 nitrogen and oxygen atoms in total. The average Bonchev–Trinajstić information content (AvgIpc) is 2.47. The molecule has 1 N–H and O–H groups in total. The van der Waals surface area contributed by atoms with E-state index in [0.717, 1.165) is 19.3 Å². The van der Waals surface area contributed by atoms with Gasteiger partial charge in [0.2, 0.25) is 0 Å². The van der Waals surface area contributed by atoms with Crippen molar-refractivity contribution in [3.05, 3.63) is 0 Å². The minimum Gasteiger partial charge on any atom is -0.299 e. The SMILES string of the molecule is CCCCCCCCCCCCOOP(=O)(O)OOCC(C)C. The smallest absolute Gasteiger partial charge is 0.299 e. The van der Waals surface area contributed by atoms with Crippen molar-refractivity contribution in [2.45, 2.75) is 85.0 Å². The first kappa shape index (κ1) is 23.0. The van der Waals surface area contributed by atoms with Crippen molar-refractivity contribution in [3.63, 3.8) is 0 Å². The molecule has 1 atom stereocenters. The van der Waals surface area contributed by atoms with Crippen LogP contribution in [0, 0.1) is 5.92 Å². The lowest BCUT2D eigenvalue weighted by molar-refractivity contribution is -0.282. The van der Waals surface area contributed by atoms with Crippen LogP contribution in [0.4, 0.5) is 0 Å². The maximum absolute atomic E-state index is 11.3. The predicted octanol–water partition coefficient (Wildman–Crippen LogP) is 5.56. The highest BCUT2D eigenvalue weighted by molar-refractivity contribution is 7.47. The van der Waals surface area contributed by atoms with E-state index >= 15 is 0 Å². The van der Waals surface area contributed by atoms with Crippen LogP contribution in [-0.2, 0) is 23.7 Å². The summed E-state index contributed by atoms with van der Waals surface area (Å²) in [6.07, 6.45) is 12.1. The Labute approximate surface area is 141 Å². The predicted molar refractivity (Wildman–Crippen MR) is 90.6 cm³/mol. The zero-order valence-corrected chi connectivity index (χ0v) is 15.9. The summed E-state index contributed by atoms with van der Waals surface area (Å²) in [6, 6.07) is 0.